The molecule has 0 radical (unpaired) electrons. The van der Waals surface area contributed by atoms with Crippen LogP contribution in [0.15, 0.2) is 18.2 Å². The Hall–Kier alpha value is -1.68. The topological polar surface area (TPSA) is 55.4 Å². The summed E-state index contributed by atoms with van der Waals surface area (Å²) in [5.41, 5.74) is 2.62. The lowest BCUT2D eigenvalue weighted by atomic mass is 9.95. The van der Waals surface area contributed by atoms with Gasteiger partial charge in [0.2, 0.25) is 0 Å². The van der Waals surface area contributed by atoms with Gasteiger partial charge in [0, 0.05) is 11.6 Å². The van der Waals surface area contributed by atoms with E-state index in [-0.39, 0.29) is 24.2 Å². The summed E-state index contributed by atoms with van der Waals surface area (Å²) in [6.07, 6.45) is 0.935. The summed E-state index contributed by atoms with van der Waals surface area (Å²) in [6, 6.07) is 5.40. The van der Waals surface area contributed by atoms with Crippen molar-refractivity contribution in [3.8, 4) is 0 Å². The molecular formula is C17H25NO3. The van der Waals surface area contributed by atoms with Gasteiger partial charge in [-0.3, -0.25) is 9.59 Å². The minimum Gasteiger partial charge on any atom is -0.469 e. The van der Waals surface area contributed by atoms with Gasteiger partial charge in [-0.2, -0.15) is 0 Å². The Morgan fingerprint density at radius 1 is 1.29 bits per heavy atom. The number of esters is 1. The van der Waals surface area contributed by atoms with E-state index < -0.39 is 6.04 Å². The van der Waals surface area contributed by atoms with E-state index in [9.17, 15) is 9.59 Å². The second-order valence-corrected chi connectivity index (χ2v) is 5.49. The van der Waals surface area contributed by atoms with Crippen molar-refractivity contribution in [3.63, 3.8) is 0 Å². The van der Waals surface area contributed by atoms with Gasteiger partial charge in [0.15, 0.2) is 5.78 Å². The molecular weight excluding hydrogens is 266 g/mol. The van der Waals surface area contributed by atoms with Crippen molar-refractivity contribution in [2.75, 3.05) is 7.11 Å². The van der Waals surface area contributed by atoms with E-state index in [1.54, 1.807) is 0 Å². The molecule has 1 aromatic carbocycles. The van der Waals surface area contributed by atoms with Crippen LogP contribution >= 0.6 is 0 Å². The summed E-state index contributed by atoms with van der Waals surface area (Å²) >= 11 is 0. The standard InChI is InChI=1S/C17H25NO3/c1-6-13(4)18-15(10-16(19)21-5)17(20)14-9-11(2)7-8-12(14)3/h7-9,13,15,18H,6,10H2,1-5H3. The fourth-order valence-corrected chi connectivity index (χ4v) is 2.13. The number of nitrogens with one attached hydrogen (secondary N) is 1. The number of ether oxygens (including phenoxy) is 1. The molecule has 2 unspecified atom stereocenters. The fourth-order valence-electron chi connectivity index (χ4n) is 2.13. The minimum absolute atomic E-state index is 0.0487. The summed E-state index contributed by atoms with van der Waals surface area (Å²) in [5.74, 6) is -0.434. The molecule has 0 amide bonds. The van der Waals surface area contributed by atoms with Crippen LogP contribution in [0.2, 0.25) is 0 Å². The van der Waals surface area contributed by atoms with Crippen molar-refractivity contribution in [1.82, 2.24) is 5.32 Å². The van der Waals surface area contributed by atoms with E-state index in [0.29, 0.717) is 5.56 Å². The molecule has 21 heavy (non-hydrogen) atoms. The summed E-state index contributed by atoms with van der Waals surface area (Å²) in [4.78, 5) is 24.3. The summed E-state index contributed by atoms with van der Waals surface area (Å²) in [5, 5.41) is 3.23. The zero-order valence-electron chi connectivity index (χ0n) is 13.5. The highest BCUT2D eigenvalue weighted by atomic mass is 16.5. The first-order valence-corrected chi connectivity index (χ1v) is 7.33. The first-order valence-electron chi connectivity index (χ1n) is 7.33. The fraction of sp³-hybridized carbons (Fsp3) is 0.529. The van der Waals surface area contributed by atoms with Gasteiger partial charge in [-0.15, -0.1) is 0 Å². The quantitative estimate of drug-likeness (QED) is 0.620. The van der Waals surface area contributed by atoms with E-state index >= 15 is 0 Å². The maximum Gasteiger partial charge on any atom is 0.307 e. The second kappa shape index (κ2) is 7.93. The average molecular weight is 291 g/mol. The third-order valence-electron chi connectivity index (χ3n) is 3.67. The van der Waals surface area contributed by atoms with Crippen molar-refractivity contribution < 1.29 is 14.3 Å². The zero-order chi connectivity index (χ0) is 16.0. The second-order valence-electron chi connectivity index (χ2n) is 5.49. The highest BCUT2D eigenvalue weighted by molar-refractivity contribution is 6.03. The number of benzene rings is 1. The number of carbonyl (C=O) groups is 2. The molecule has 0 bridgehead atoms. The van der Waals surface area contributed by atoms with Crippen molar-refractivity contribution in [2.24, 2.45) is 0 Å². The smallest absolute Gasteiger partial charge is 0.307 e. The molecule has 0 fully saturated rings. The van der Waals surface area contributed by atoms with Crippen LogP contribution in [0.5, 0.6) is 0 Å². The maximum atomic E-state index is 12.8. The molecule has 1 aromatic rings. The molecule has 0 aliphatic carbocycles. The van der Waals surface area contributed by atoms with Gasteiger partial charge < -0.3 is 10.1 Å². The zero-order valence-corrected chi connectivity index (χ0v) is 13.5. The lowest BCUT2D eigenvalue weighted by molar-refractivity contribution is -0.141. The lowest BCUT2D eigenvalue weighted by Crippen LogP contribution is -2.43. The van der Waals surface area contributed by atoms with Crippen LogP contribution in [0.25, 0.3) is 0 Å². The number of aryl methyl sites for hydroxylation is 2. The number of ketones is 1. The highest BCUT2D eigenvalue weighted by Crippen LogP contribution is 2.15. The van der Waals surface area contributed by atoms with Crippen molar-refractivity contribution in [1.29, 1.82) is 0 Å². The number of methoxy groups -OCH3 is 1. The Kier molecular flexibility index (Phi) is 6.56. The first-order chi connectivity index (χ1) is 9.88. The Morgan fingerprint density at radius 2 is 1.95 bits per heavy atom. The Labute approximate surface area is 126 Å². The van der Waals surface area contributed by atoms with Crippen LogP contribution < -0.4 is 5.32 Å². The van der Waals surface area contributed by atoms with Crippen molar-refractivity contribution in [3.05, 3.63) is 34.9 Å². The Morgan fingerprint density at radius 3 is 2.52 bits per heavy atom. The molecule has 0 aliphatic heterocycles. The summed E-state index contributed by atoms with van der Waals surface area (Å²) in [7, 11) is 1.34. The molecule has 0 spiro atoms. The van der Waals surface area contributed by atoms with E-state index in [0.717, 1.165) is 17.5 Å². The molecule has 2 atom stereocenters. The predicted molar refractivity (Wildman–Crippen MR) is 83.6 cm³/mol. The number of rotatable bonds is 7. The molecule has 4 nitrogen and oxygen atoms in total. The monoisotopic (exact) mass is 291 g/mol. The van der Waals surface area contributed by atoms with E-state index in [4.69, 9.17) is 4.74 Å². The molecule has 0 aliphatic rings. The van der Waals surface area contributed by atoms with Crippen LogP contribution in [0.4, 0.5) is 0 Å². The summed E-state index contributed by atoms with van der Waals surface area (Å²) < 4.78 is 4.70. The minimum atomic E-state index is -0.548. The lowest BCUT2D eigenvalue weighted by Gasteiger charge is -2.21. The van der Waals surface area contributed by atoms with Gasteiger partial charge >= 0.3 is 5.97 Å². The molecule has 0 heterocycles. The third-order valence-corrected chi connectivity index (χ3v) is 3.67. The maximum absolute atomic E-state index is 12.8. The summed E-state index contributed by atoms with van der Waals surface area (Å²) in [6.45, 7) is 7.90. The number of Topliss-reactive ketones (excluding diaryl/α,β-unsaturated/α-hetero) is 1. The van der Waals surface area contributed by atoms with Crippen LogP contribution in [-0.4, -0.2) is 30.9 Å². The highest BCUT2D eigenvalue weighted by Gasteiger charge is 2.25. The van der Waals surface area contributed by atoms with Gasteiger partial charge in [-0.25, -0.2) is 0 Å². The van der Waals surface area contributed by atoms with Gasteiger partial charge in [0.1, 0.15) is 0 Å². The first kappa shape index (κ1) is 17.4. The molecule has 0 saturated carbocycles. The van der Waals surface area contributed by atoms with E-state index in [1.807, 2.05) is 45.9 Å². The Balaban J connectivity index is 3.02. The van der Waals surface area contributed by atoms with Crippen LogP contribution in [0.3, 0.4) is 0 Å². The molecule has 116 valence electrons. The number of hydrogen-bond donors (Lipinski definition) is 1. The van der Waals surface area contributed by atoms with E-state index in [2.05, 4.69) is 5.32 Å². The van der Waals surface area contributed by atoms with Gasteiger partial charge in [-0.1, -0.05) is 24.6 Å². The number of carbonyl (C=O) groups excluding carboxylic acids is 2. The molecule has 1 rings (SSSR count). The van der Waals surface area contributed by atoms with Crippen molar-refractivity contribution >= 4 is 11.8 Å². The average Bonchev–Trinajstić information content (AvgIpc) is 2.47. The molecule has 0 aromatic heterocycles. The Bertz CT molecular complexity index is 511. The van der Waals surface area contributed by atoms with Crippen LogP contribution in [-0.2, 0) is 9.53 Å². The largest absolute Gasteiger partial charge is 0.469 e. The SMILES string of the molecule is CCC(C)NC(CC(=O)OC)C(=O)c1cc(C)ccc1C. The van der Waals surface area contributed by atoms with Crippen LogP contribution in [0, 0.1) is 13.8 Å². The molecule has 0 saturated heterocycles. The van der Waals surface area contributed by atoms with Gasteiger partial charge in [0.05, 0.1) is 19.6 Å². The molecule has 1 N–H and O–H groups in total. The van der Waals surface area contributed by atoms with Gasteiger partial charge in [0.25, 0.3) is 0 Å². The number of hydrogen-bond acceptors (Lipinski definition) is 4. The predicted octanol–water partition coefficient (Wildman–Crippen LogP) is 2.81. The normalized spacial score (nSPS) is 13.6. The van der Waals surface area contributed by atoms with Crippen LogP contribution in [0.1, 0.15) is 48.2 Å². The third kappa shape index (κ3) is 4.97. The molecule has 4 heteroatoms. The van der Waals surface area contributed by atoms with Gasteiger partial charge in [-0.05, 0) is 38.8 Å². The van der Waals surface area contributed by atoms with E-state index in [1.165, 1.54) is 7.11 Å². The van der Waals surface area contributed by atoms with Crippen molar-refractivity contribution in [2.45, 2.75) is 52.6 Å².